The summed E-state index contributed by atoms with van der Waals surface area (Å²) in [6.45, 7) is 6.59. The molecule has 2 aromatic rings. The van der Waals surface area contributed by atoms with Gasteiger partial charge in [-0.1, -0.05) is 45.0 Å². The van der Waals surface area contributed by atoms with Crippen molar-refractivity contribution in [3.63, 3.8) is 0 Å². The van der Waals surface area contributed by atoms with Crippen LogP contribution >= 0.6 is 0 Å². The Morgan fingerprint density at radius 2 is 1.70 bits per heavy atom. The van der Waals surface area contributed by atoms with Crippen LogP contribution < -0.4 is 9.47 Å². The van der Waals surface area contributed by atoms with Crippen molar-refractivity contribution in [1.29, 1.82) is 0 Å². The molecule has 0 spiro atoms. The Hall–Kier alpha value is -2.29. The van der Waals surface area contributed by atoms with Gasteiger partial charge in [0.25, 0.3) is 0 Å². The van der Waals surface area contributed by atoms with Crippen LogP contribution in [0.25, 0.3) is 0 Å². The number of rotatable bonds is 5. The summed E-state index contributed by atoms with van der Waals surface area (Å²) in [5, 5.41) is 0. The lowest BCUT2D eigenvalue weighted by molar-refractivity contribution is 0.0965. The Morgan fingerprint density at radius 1 is 1.00 bits per heavy atom. The SMILES string of the molecule is CC(C)Cc1ccc([C@@H](C)C(=O)c2ccc3c(c2)OCO3)cc1. The first-order valence-electron chi connectivity index (χ1n) is 8.07. The molecule has 3 heteroatoms. The van der Waals surface area contributed by atoms with E-state index in [1.165, 1.54) is 5.56 Å². The molecule has 1 aliphatic heterocycles. The summed E-state index contributed by atoms with van der Waals surface area (Å²) < 4.78 is 10.6. The van der Waals surface area contributed by atoms with Gasteiger partial charge in [0.15, 0.2) is 17.3 Å². The average Bonchev–Trinajstić information content (AvgIpc) is 3.01. The summed E-state index contributed by atoms with van der Waals surface area (Å²) in [4.78, 5) is 12.7. The maximum absolute atomic E-state index is 12.7. The van der Waals surface area contributed by atoms with Crippen molar-refractivity contribution in [2.75, 3.05) is 6.79 Å². The van der Waals surface area contributed by atoms with Crippen molar-refractivity contribution in [2.24, 2.45) is 5.92 Å². The number of carbonyl (C=O) groups is 1. The van der Waals surface area contributed by atoms with Crippen LogP contribution in [-0.4, -0.2) is 12.6 Å². The third kappa shape index (κ3) is 3.39. The molecular weight excluding hydrogens is 288 g/mol. The molecule has 3 rings (SSSR count). The molecule has 1 heterocycles. The zero-order valence-corrected chi connectivity index (χ0v) is 13.8. The van der Waals surface area contributed by atoms with E-state index in [0.717, 1.165) is 12.0 Å². The summed E-state index contributed by atoms with van der Waals surface area (Å²) >= 11 is 0. The summed E-state index contributed by atoms with van der Waals surface area (Å²) in [6, 6.07) is 13.7. The second-order valence-electron chi connectivity index (χ2n) is 6.49. The highest BCUT2D eigenvalue weighted by Crippen LogP contribution is 2.34. The Labute approximate surface area is 137 Å². The molecule has 23 heavy (non-hydrogen) atoms. The Kier molecular flexibility index (Phi) is 4.37. The second kappa shape index (κ2) is 6.45. The molecule has 0 unspecified atom stereocenters. The van der Waals surface area contributed by atoms with E-state index in [9.17, 15) is 4.79 Å². The molecule has 0 saturated heterocycles. The van der Waals surface area contributed by atoms with Crippen LogP contribution in [0, 0.1) is 5.92 Å². The van der Waals surface area contributed by atoms with Crippen LogP contribution in [0.1, 0.15) is 48.2 Å². The third-order valence-electron chi connectivity index (χ3n) is 4.17. The first-order valence-corrected chi connectivity index (χ1v) is 8.07. The molecule has 0 amide bonds. The first kappa shape index (κ1) is 15.6. The number of ether oxygens (including phenoxy) is 2. The number of Topliss-reactive ketones (excluding diaryl/α,β-unsaturated/α-hetero) is 1. The zero-order valence-electron chi connectivity index (χ0n) is 13.8. The van der Waals surface area contributed by atoms with E-state index in [0.29, 0.717) is 23.0 Å². The highest BCUT2D eigenvalue weighted by molar-refractivity contribution is 6.01. The number of hydrogen-bond donors (Lipinski definition) is 0. The number of fused-ring (bicyclic) bond motifs is 1. The molecule has 2 aromatic carbocycles. The molecule has 0 aromatic heterocycles. The van der Waals surface area contributed by atoms with E-state index in [4.69, 9.17) is 9.47 Å². The highest BCUT2D eigenvalue weighted by atomic mass is 16.7. The molecule has 0 aliphatic carbocycles. The van der Waals surface area contributed by atoms with E-state index >= 15 is 0 Å². The normalized spacial score (nSPS) is 14.1. The molecule has 1 atom stereocenters. The predicted octanol–water partition coefficient (Wildman–Crippen LogP) is 4.60. The highest BCUT2D eigenvalue weighted by Gasteiger charge is 2.21. The van der Waals surface area contributed by atoms with Gasteiger partial charge in [0.1, 0.15) is 0 Å². The molecule has 0 fully saturated rings. The largest absolute Gasteiger partial charge is 0.454 e. The summed E-state index contributed by atoms with van der Waals surface area (Å²) in [5.74, 6) is 1.90. The Balaban J connectivity index is 1.76. The fourth-order valence-electron chi connectivity index (χ4n) is 2.86. The molecule has 0 radical (unpaired) electrons. The third-order valence-corrected chi connectivity index (χ3v) is 4.17. The summed E-state index contributed by atoms with van der Waals surface area (Å²) in [7, 11) is 0. The van der Waals surface area contributed by atoms with E-state index in [-0.39, 0.29) is 18.5 Å². The quantitative estimate of drug-likeness (QED) is 0.757. The molecule has 0 N–H and O–H groups in total. The average molecular weight is 310 g/mol. The van der Waals surface area contributed by atoms with Gasteiger partial charge in [0, 0.05) is 11.5 Å². The fourth-order valence-corrected chi connectivity index (χ4v) is 2.86. The Morgan fingerprint density at radius 3 is 2.39 bits per heavy atom. The molecular formula is C20H22O3. The smallest absolute Gasteiger partial charge is 0.231 e. The van der Waals surface area contributed by atoms with Crippen molar-refractivity contribution < 1.29 is 14.3 Å². The van der Waals surface area contributed by atoms with Gasteiger partial charge in [-0.15, -0.1) is 0 Å². The molecule has 0 saturated carbocycles. The van der Waals surface area contributed by atoms with Gasteiger partial charge in [-0.3, -0.25) is 4.79 Å². The summed E-state index contributed by atoms with van der Waals surface area (Å²) in [5.41, 5.74) is 3.01. The second-order valence-corrected chi connectivity index (χ2v) is 6.49. The van der Waals surface area contributed by atoms with Crippen molar-refractivity contribution in [3.05, 3.63) is 59.2 Å². The first-order chi connectivity index (χ1) is 11.0. The van der Waals surface area contributed by atoms with Crippen LogP contribution in [0.15, 0.2) is 42.5 Å². The van der Waals surface area contributed by atoms with Gasteiger partial charge in [-0.2, -0.15) is 0 Å². The van der Waals surface area contributed by atoms with Gasteiger partial charge in [-0.05, 0) is 41.7 Å². The maximum atomic E-state index is 12.7. The van der Waals surface area contributed by atoms with Crippen LogP contribution in [-0.2, 0) is 6.42 Å². The lowest BCUT2D eigenvalue weighted by atomic mass is 9.91. The molecule has 0 bridgehead atoms. The van der Waals surface area contributed by atoms with Gasteiger partial charge in [0.05, 0.1) is 0 Å². The van der Waals surface area contributed by atoms with E-state index in [1.807, 2.05) is 6.92 Å². The zero-order chi connectivity index (χ0) is 16.4. The monoisotopic (exact) mass is 310 g/mol. The topological polar surface area (TPSA) is 35.5 Å². The minimum Gasteiger partial charge on any atom is -0.454 e. The predicted molar refractivity (Wildman–Crippen MR) is 90.3 cm³/mol. The number of hydrogen-bond acceptors (Lipinski definition) is 3. The summed E-state index contributed by atoms with van der Waals surface area (Å²) in [6.07, 6.45) is 1.06. The lowest BCUT2D eigenvalue weighted by Gasteiger charge is -2.13. The fraction of sp³-hybridized carbons (Fsp3) is 0.350. The van der Waals surface area contributed by atoms with Crippen molar-refractivity contribution in [1.82, 2.24) is 0 Å². The number of ketones is 1. The van der Waals surface area contributed by atoms with Crippen LogP contribution in [0.5, 0.6) is 11.5 Å². The van der Waals surface area contributed by atoms with Crippen LogP contribution in [0.4, 0.5) is 0 Å². The minimum absolute atomic E-state index is 0.0971. The van der Waals surface area contributed by atoms with Crippen molar-refractivity contribution in [2.45, 2.75) is 33.1 Å². The standard InChI is InChI=1S/C20H22O3/c1-13(2)10-15-4-6-16(7-5-15)14(3)20(21)17-8-9-18-19(11-17)23-12-22-18/h4-9,11,13-14H,10,12H2,1-3H3/t14-/m1/s1. The number of carbonyl (C=O) groups excluding carboxylic acids is 1. The molecule has 3 nitrogen and oxygen atoms in total. The number of benzene rings is 2. The molecule has 1 aliphatic rings. The maximum Gasteiger partial charge on any atom is 0.231 e. The minimum atomic E-state index is -0.177. The van der Waals surface area contributed by atoms with E-state index in [1.54, 1.807) is 18.2 Å². The van der Waals surface area contributed by atoms with Crippen LogP contribution in [0.2, 0.25) is 0 Å². The van der Waals surface area contributed by atoms with Gasteiger partial charge < -0.3 is 9.47 Å². The van der Waals surface area contributed by atoms with Gasteiger partial charge in [-0.25, -0.2) is 0 Å². The van der Waals surface area contributed by atoms with E-state index < -0.39 is 0 Å². The van der Waals surface area contributed by atoms with Crippen LogP contribution in [0.3, 0.4) is 0 Å². The van der Waals surface area contributed by atoms with Crippen molar-refractivity contribution >= 4 is 5.78 Å². The van der Waals surface area contributed by atoms with E-state index in [2.05, 4.69) is 38.1 Å². The van der Waals surface area contributed by atoms with Gasteiger partial charge in [0.2, 0.25) is 6.79 Å². The molecule has 120 valence electrons. The van der Waals surface area contributed by atoms with Gasteiger partial charge >= 0.3 is 0 Å². The van der Waals surface area contributed by atoms with Crippen molar-refractivity contribution in [3.8, 4) is 11.5 Å². The Bertz CT molecular complexity index is 701. The lowest BCUT2D eigenvalue weighted by Crippen LogP contribution is -2.09.